The SMILES string of the molecule is CCC1(C(=O)Cc2cncs2)CCCN1. The van der Waals surface area contributed by atoms with Crippen LogP contribution in [0, 0.1) is 0 Å². The second-order valence-electron chi connectivity index (χ2n) is 4.03. The van der Waals surface area contributed by atoms with Crippen LogP contribution < -0.4 is 5.32 Å². The molecule has 1 aromatic heterocycles. The van der Waals surface area contributed by atoms with Crippen molar-refractivity contribution in [2.45, 2.75) is 38.1 Å². The molecule has 1 aromatic rings. The molecule has 15 heavy (non-hydrogen) atoms. The number of aromatic nitrogens is 1. The Morgan fingerprint density at radius 2 is 2.60 bits per heavy atom. The number of carbonyl (C=O) groups excluding carboxylic acids is 1. The Morgan fingerprint density at radius 1 is 1.73 bits per heavy atom. The summed E-state index contributed by atoms with van der Waals surface area (Å²) in [6.45, 7) is 3.06. The molecule has 0 aromatic carbocycles. The van der Waals surface area contributed by atoms with Crippen molar-refractivity contribution in [3.8, 4) is 0 Å². The summed E-state index contributed by atoms with van der Waals surface area (Å²) in [5.74, 6) is 0.326. The number of thiazole rings is 1. The van der Waals surface area contributed by atoms with Gasteiger partial charge in [-0.15, -0.1) is 11.3 Å². The molecule has 4 heteroatoms. The minimum atomic E-state index is -0.246. The smallest absolute Gasteiger partial charge is 0.158 e. The molecule has 1 unspecified atom stereocenters. The van der Waals surface area contributed by atoms with Crippen molar-refractivity contribution < 1.29 is 4.79 Å². The standard InChI is InChI=1S/C11H16N2OS/c1-2-11(4-3-5-13-11)10(14)6-9-7-12-8-15-9/h7-8,13H,2-6H2,1H3. The van der Waals surface area contributed by atoms with E-state index in [0.717, 1.165) is 30.7 Å². The monoisotopic (exact) mass is 224 g/mol. The van der Waals surface area contributed by atoms with Gasteiger partial charge < -0.3 is 5.32 Å². The molecule has 1 aliphatic rings. The maximum atomic E-state index is 12.2. The summed E-state index contributed by atoms with van der Waals surface area (Å²) in [7, 11) is 0. The van der Waals surface area contributed by atoms with Crippen molar-refractivity contribution in [1.82, 2.24) is 10.3 Å². The van der Waals surface area contributed by atoms with Crippen LogP contribution in [-0.4, -0.2) is 22.9 Å². The second kappa shape index (κ2) is 4.41. The van der Waals surface area contributed by atoms with Gasteiger partial charge in [-0.3, -0.25) is 9.78 Å². The highest BCUT2D eigenvalue weighted by molar-refractivity contribution is 7.09. The van der Waals surface area contributed by atoms with Gasteiger partial charge in [0.05, 0.1) is 11.0 Å². The lowest BCUT2D eigenvalue weighted by Crippen LogP contribution is -2.47. The van der Waals surface area contributed by atoms with E-state index in [1.54, 1.807) is 23.0 Å². The fraction of sp³-hybridized carbons (Fsp3) is 0.636. The van der Waals surface area contributed by atoms with Gasteiger partial charge in [-0.05, 0) is 25.8 Å². The predicted octanol–water partition coefficient (Wildman–Crippen LogP) is 1.79. The third-order valence-electron chi connectivity index (χ3n) is 3.20. The summed E-state index contributed by atoms with van der Waals surface area (Å²) in [4.78, 5) is 17.2. The number of nitrogens with one attached hydrogen (secondary N) is 1. The predicted molar refractivity (Wildman–Crippen MR) is 61.1 cm³/mol. The molecule has 0 spiro atoms. The van der Waals surface area contributed by atoms with Crippen LogP contribution >= 0.6 is 11.3 Å². The van der Waals surface area contributed by atoms with Crippen LogP contribution in [0.25, 0.3) is 0 Å². The van der Waals surface area contributed by atoms with Gasteiger partial charge >= 0.3 is 0 Å². The van der Waals surface area contributed by atoms with E-state index < -0.39 is 0 Å². The number of ketones is 1. The fourth-order valence-corrected chi connectivity index (χ4v) is 2.79. The van der Waals surface area contributed by atoms with Crippen LogP contribution in [-0.2, 0) is 11.2 Å². The Bertz CT molecular complexity index is 328. The number of hydrogen-bond donors (Lipinski definition) is 1. The lowest BCUT2D eigenvalue weighted by molar-refractivity contribution is -0.124. The van der Waals surface area contributed by atoms with Crippen molar-refractivity contribution in [3.63, 3.8) is 0 Å². The molecule has 3 nitrogen and oxygen atoms in total. The van der Waals surface area contributed by atoms with Crippen LogP contribution in [0.1, 0.15) is 31.1 Å². The number of Topliss-reactive ketones (excluding diaryl/α,β-unsaturated/α-hetero) is 1. The molecule has 0 aliphatic carbocycles. The molecule has 1 saturated heterocycles. The summed E-state index contributed by atoms with van der Waals surface area (Å²) in [5.41, 5.74) is 1.54. The number of carbonyl (C=O) groups is 1. The molecule has 1 aliphatic heterocycles. The molecular weight excluding hydrogens is 208 g/mol. The summed E-state index contributed by atoms with van der Waals surface area (Å²) in [5, 5.41) is 3.37. The molecule has 0 bridgehead atoms. The summed E-state index contributed by atoms with van der Waals surface area (Å²) < 4.78 is 0. The van der Waals surface area contributed by atoms with E-state index in [9.17, 15) is 4.79 Å². The van der Waals surface area contributed by atoms with Crippen LogP contribution in [0.2, 0.25) is 0 Å². The topological polar surface area (TPSA) is 42.0 Å². The highest BCUT2D eigenvalue weighted by atomic mass is 32.1. The Labute approximate surface area is 93.9 Å². The first-order chi connectivity index (χ1) is 7.27. The first-order valence-electron chi connectivity index (χ1n) is 5.42. The Kier molecular flexibility index (Phi) is 3.17. The van der Waals surface area contributed by atoms with E-state index in [-0.39, 0.29) is 5.54 Å². The molecule has 2 heterocycles. The third-order valence-corrected chi connectivity index (χ3v) is 3.98. The Hall–Kier alpha value is -0.740. The van der Waals surface area contributed by atoms with E-state index in [4.69, 9.17) is 0 Å². The van der Waals surface area contributed by atoms with E-state index >= 15 is 0 Å². The Morgan fingerprint density at radius 3 is 3.13 bits per heavy atom. The van der Waals surface area contributed by atoms with Crippen molar-refractivity contribution in [3.05, 3.63) is 16.6 Å². The molecular formula is C11H16N2OS. The van der Waals surface area contributed by atoms with Crippen LogP contribution in [0.3, 0.4) is 0 Å². The average Bonchev–Trinajstić information content (AvgIpc) is 2.87. The van der Waals surface area contributed by atoms with Gasteiger partial charge in [0.15, 0.2) is 5.78 Å². The first-order valence-corrected chi connectivity index (χ1v) is 6.30. The highest BCUT2D eigenvalue weighted by Crippen LogP contribution is 2.26. The van der Waals surface area contributed by atoms with Gasteiger partial charge in [0.25, 0.3) is 0 Å². The number of nitrogens with zero attached hydrogens (tertiary/aromatic N) is 1. The number of hydrogen-bond acceptors (Lipinski definition) is 4. The molecule has 1 N–H and O–H groups in total. The molecule has 1 fully saturated rings. The van der Waals surface area contributed by atoms with Gasteiger partial charge in [0.2, 0.25) is 0 Å². The van der Waals surface area contributed by atoms with Gasteiger partial charge in [0.1, 0.15) is 0 Å². The molecule has 0 saturated carbocycles. The quantitative estimate of drug-likeness (QED) is 0.847. The van der Waals surface area contributed by atoms with Crippen LogP contribution in [0.5, 0.6) is 0 Å². The van der Waals surface area contributed by atoms with E-state index in [1.165, 1.54) is 0 Å². The van der Waals surface area contributed by atoms with E-state index in [1.807, 2.05) is 0 Å². The zero-order valence-corrected chi connectivity index (χ0v) is 9.77. The van der Waals surface area contributed by atoms with Gasteiger partial charge in [-0.2, -0.15) is 0 Å². The summed E-state index contributed by atoms with van der Waals surface area (Å²) >= 11 is 1.56. The second-order valence-corrected chi connectivity index (χ2v) is 5.00. The maximum absolute atomic E-state index is 12.2. The zero-order chi connectivity index (χ0) is 10.7. The summed E-state index contributed by atoms with van der Waals surface area (Å²) in [6, 6.07) is 0. The lowest BCUT2D eigenvalue weighted by Gasteiger charge is -2.26. The van der Waals surface area contributed by atoms with Crippen molar-refractivity contribution in [1.29, 1.82) is 0 Å². The van der Waals surface area contributed by atoms with Crippen LogP contribution in [0.15, 0.2) is 11.7 Å². The minimum absolute atomic E-state index is 0.246. The zero-order valence-electron chi connectivity index (χ0n) is 8.95. The van der Waals surface area contributed by atoms with Gasteiger partial charge in [0, 0.05) is 17.5 Å². The highest BCUT2D eigenvalue weighted by Gasteiger charge is 2.38. The first kappa shape index (κ1) is 10.8. The molecule has 2 rings (SSSR count). The average molecular weight is 224 g/mol. The maximum Gasteiger partial charge on any atom is 0.158 e. The summed E-state index contributed by atoms with van der Waals surface area (Å²) in [6.07, 6.45) is 5.32. The molecule has 0 amide bonds. The molecule has 82 valence electrons. The number of rotatable bonds is 4. The van der Waals surface area contributed by atoms with Crippen molar-refractivity contribution in [2.75, 3.05) is 6.54 Å². The van der Waals surface area contributed by atoms with E-state index in [2.05, 4.69) is 17.2 Å². The largest absolute Gasteiger partial charge is 0.305 e. The van der Waals surface area contributed by atoms with Crippen molar-refractivity contribution in [2.24, 2.45) is 0 Å². The Balaban J connectivity index is 2.06. The molecule has 1 atom stereocenters. The normalized spacial score (nSPS) is 25.7. The third kappa shape index (κ3) is 2.11. The van der Waals surface area contributed by atoms with Crippen LogP contribution in [0.4, 0.5) is 0 Å². The van der Waals surface area contributed by atoms with Gasteiger partial charge in [-0.1, -0.05) is 6.92 Å². The van der Waals surface area contributed by atoms with Crippen molar-refractivity contribution >= 4 is 17.1 Å². The fourth-order valence-electron chi connectivity index (χ4n) is 2.20. The van der Waals surface area contributed by atoms with Gasteiger partial charge in [-0.25, -0.2) is 0 Å². The molecule has 0 radical (unpaired) electrons. The minimum Gasteiger partial charge on any atom is -0.305 e. The lowest BCUT2D eigenvalue weighted by atomic mass is 9.87. The van der Waals surface area contributed by atoms with E-state index in [0.29, 0.717) is 12.2 Å².